The maximum atomic E-state index is 4.87. The number of fused-ring (bicyclic) bond motifs is 3. The van der Waals surface area contributed by atoms with Crippen molar-refractivity contribution in [1.82, 2.24) is 19.6 Å². The van der Waals surface area contributed by atoms with Crippen molar-refractivity contribution in [1.29, 1.82) is 0 Å². The van der Waals surface area contributed by atoms with E-state index in [9.17, 15) is 0 Å². The predicted molar refractivity (Wildman–Crippen MR) is 103 cm³/mol. The number of rotatable bonds is 3. The average Bonchev–Trinajstić information content (AvgIpc) is 3.13. The van der Waals surface area contributed by atoms with E-state index in [0.29, 0.717) is 0 Å². The Morgan fingerprint density at radius 2 is 1.38 bits per heavy atom. The molecule has 3 aromatic carbocycles. The van der Waals surface area contributed by atoms with Gasteiger partial charge in [0.1, 0.15) is 11.5 Å². The molecule has 0 fully saturated rings. The molecular formula is C22H16N4. The van der Waals surface area contributed by atoms with Crippen LogP contribution in [0.15, 0.2) is 84.9 Å². The molecule has 26 heavy (non-hydrogen) atoms. The Morgan fingerprint density at radius 3 is 2.19 bits per heavy atom. The standard InChI is InChI=1S/C22H16N4/c1-3-9-16(10-4-1)15-20-24-25-22-21(17-11-5-2-6-12-17)23-18-13-7-8-14-19(18)26(20)22/h1-14H,15H2. The molecule has 4 heteroatoms. The molecule has 0 bridgehead atoms. The summed E-state index contributed by atoms with van der Waals surface area (Å²) < 4.78 is 2.14. The van der Waals surface area contributed by atoms with Gasteiger partial charge >= 0.3 is 0 Å². The first-order valence-electron chi connectivity index (χ1n) is 8.62. The summed E-state index contributed by atoms with van der Waals surface area (Å²) in [5.74, 6) is 0.919. The SMILES string of the molecule is c1ccc(Cc2nnc3c(-c4ccccc4)nc4ccccc4n23)cc1. The Bertz CT molecular complexity index is 1190. The zero-order valence-corrected chi connectivity index (χ0v) is 14.1. The maximum Gasteiger partial charge on any atom is 0.187 e. The van der Waals surface area contributed by atoms with Gasteiger partial charge < -0.3 is 0 Å². The Kier molecular flexibility index (Phi) is 3.46. The zero-order valence-electron chi connectivity index (χ0n) is 14.1. The second kappa shape index (κ2) is 6.08. The van der Waals surface area contributed by atoms with Crippen molar-refractivity contribution in [3.63, 3.8) is 0 Å². The van der Waals surface area contributed by atoms with Crippen LogP contribution in [-0.4, -0.2) is 19.6 Å². The third-order valence-electron chi connectivity index (χ3n) is 4.55. The molecule has 0 spiro atoms. The Morgan fingerprint density at radius 1 is 0.692 bits per heavy atom. The van der Waals surface area contributed by atoms with Crippen LogP contribution >= 0.6 is 0 Å². The maximum absolute atomic E-state index is 4.87. The van der Waals surface area contributed by atoms with Crippen molar-refractivity contribution in [2.45, 2.75) is 6.42 Å². The first-order chi connectivity index (χ1) is 12.9. The van der Waals surface area contributed by atoms with Gasteiger partial charge in [0.2, 0.25) is 0 Å². The smallest absolute Gasteiger partial charge is 0.187 e. The highest BCUT2D eigenvalue weighted by Crippen LogP contribution is 2.26. The molecule has 0 saturated heterocycles. The number of para-hydroxylation sites is 2. The van der Waals surface area contributed by atoms with E-state index in [4.69, 9.17) is 4.98 Å². The molecule has 2 heterocycles. The largest absolute Gasteiger partial charge is 0.275 e. The Labute approximate surface area is 150 Å². The number of aromatic nitrogens is 4. The third-order valence-corrected chi connectivity index (χ3v) is 4.55. The summed E-state index contributed by atoms with van der Waals surface area (Å²) in [5, 5.41) is 8.99. The lowest BCUT2D eigenvalue weighted by Crippen LogP contribution is -2.01. The van der Waals surface area contributed by atoms with E-state index in [1.807, 2.05) is 54.6 Å². The fourth-order valence-corrected chi connectivity index (χ4v) is 3.32. The molecule has 0 radical (unpaired) electrons. The lowest BCUT2D eigenvalue weighted by atomic mass is 10.1. The van der Waals surface area contributed by atoms with E-state index in [1.165, 1.54) is 5.56 Å². The fraction of sp³-hybridized carbons (Fsp3) is 0.0455. The number of hydrogen-bond acceptors (Lipinski definition) is 3. The molecule has 0 aliphatic heterocycles. The van der Waals surface area contributed by atoms with Gasteiger partial charge in [-0.2, -0.15) is 0 Å². The number of nitrogens with zero attached hydrogens (tertiary/aromatic N) is 4. The molecule has 5 aromatic rings. The highest BCUT2D eigenvalue weighted by molar-refractivity contribution is 5.85. The van der Waals surface area contributed by atoms with Gasteiger partial charge in [0.05, 0.1) is 11.0 Å². The lowest BCUT2D eigenvalue weighted by Gasteiger charge is -2.09. The van der Waals surface area contributed by atoms with Crippen LogP contribution in [0.2, 0.25) is 0 Å². The third kappa shape index (κ3) is 2.43. The molecule has 0 unspecified atom stereocenters. The molecule has 0 aliphatic carbocycles. The fourth-order valence-electron chi connectivity index (χ4n) is 3.32. The molecule has 0 saturated carbocycles. The van der Waals surface area contributed by atoms with Crippen LogP contribution in [-0.2, 0) is 6.42 Å². The Balaban J connectivity index is 1.80. The molecule has 0 aliphatic rings. The highest BCUT2D eigenvalue weighted by Gasteiger charge is 2.16. The van der Waals surface area contributed by atoms with Gasteiger partial charge in [0, 0.05) is 12.0 Å². The van der Waals surface area contributed by atoms with E-state index in [1.54, 1.807) is 0 Å². The summed E-state index contributed by atoms with van der Waals surface area (Å²) in [6, 6.07) is 28.7. The van der Waals surface area contributed by atoms with Gasteiger partial charge in [-0.25, -0.2) is 4.98 Å². The highest BCUT2D eigenvalue weighted by atomic mass is 15.3. The molecule has 2 aromatic heterocycles. The van der Waals surface area contributed by atoms with Gasteiger partial charge in [-0.3, -0.25) is 4.40 Å². The van der Waals surface area contributed by atoms with Crippen LogP contribution in [0.25, 0.3) is 27.9 Å². The van der Waals surface area contributed by atoms with E-state index < -0.39 is 0 Å². The van der Waals surface area contributed by atoms with Crippen molar-refractivity contribution in [3.05, 3.63) is 96.3 Å². The van der Waals surface area contributed by atoms with Gasteiger partial charge in [-0.15, -0.1) is 10.2 Å². The monoisotopic (exact) mass is 336 g/mol. The summed E-state index contributed by atoms with van der Waals surface area (Å²) >= 11 is 0. The first-order valence-corrected chi connectivity index (χ1v) is 8.62. The van der Waals surface area contributed by atoms with Gasteiger partial charge in [-0.1, -0.05) is 72.8 Å². The molecule has 4 nitrogen and oxygen atoms in total. The minimum Gasteiger partial charge on any atom is -0.275 e. The van der Waals surface area contributed by atoms with E-state index in [0.717, 1.165) is 40.2 Å². The number of hydrogen-bond donors (Lipinski definition) is 0. The van der Waals surface area contributed by atoms with Crippen LogP contribution in [0.5, 0.6) is 0 Å². The average molecular weight is 336 g/mol. The van der Waals surface area contributed by atoms with Crippen molar-refractivity contribution in [2.75, 3.05) is 0 Å². The molecule has 0 atom stereocenters. The zero-order chi connectivity index (χ0) is 17.3. The predicted octanol–water partition coefficient (Wildman–Crippen LogP) is 4.54. The summed E-state index contributed by atoms with van der Waals surface area (Å²) in [6.45, 7) is 0. The van der Waals surface area contributed by atoms with Crippen LogP contribution in [0.1, 0.15) is 11.4 Å². The minimum atomic E-state index is 0.726. The Hall–Kier alpha value is -3.53. The first kappa shape index (κ1) is 14.8. The molecular weight excluding hydrogens is 320 g/mol. The van der Waals surface area contributed by atoms with E-state index in [-0.39, 0.29) is 0 Å². The van der Waals surface area contributed by atoms with Gasteiger partial charge in [0.25, 0.3) is 0 Å². The van der Waals surface area contributed by atoms with Crippen molar-refractivity contribution >= 4 is 16.7 Å². The molecule has 0 amide bonds. The normalized spacial score (nSPS) is 11.2. The summed E-state index contributed by atoms with van der Waals surface area (Å²) in [6.07, 6.45) is 0.726. The van der Waals surface area contributed by atoms with Crippen LogP contribution in [0.4, 0.5) is 0 Å². The summed E-state index contributed by atoms with van der Waals surface area (Å²) in [7, 11) is 0. The summed E-state index contributed by atoms with van der Waals surface area (Å²) in [5.41, 5.74) is 5.87. The second-order valence-corrected chi connectivity index (χ2v) is 6.25. The minimum absolute atomic E-state index is 0.726. The van der Waals surface area contributed by atoms with Crippen LogP contribution < -0.4 is 0 Å². The molecule has 0 N–H and O–H groups in total. The topological polar surface area (TPSA) is 43.1 Å². The van der Waals surface area contributed by atoms with Crippen LogP contribution in [0.3, 0.4) is 0 Å². The van der Waals surface area contributed by atoms with Gasteiger partial charge in [0.15, 0.2) is 5.65 Å². The lowest BCUT2D eigenvalue weighted by molar-refractivity contribution is 0.948. The molecule has 5 rings (SSSR count). The second-order valence-electron chi connectivity index (χ2n) is 6.25. The van der Waals surface area contributed by atoms with E-state index in [2.05, 4.69) is 44.9 Å². The summed E-state index contributed by atoms with van der Waals surface area (Å²) in [4.78, 5) is 4.87. The molecule has 124 valence electrons. The van der Waals surface area contributed by atoms with Crippen molar-refractivity contribution in [2.24, 2.45) is 0 Å². The van der Waals surface area contributed by atoms with Gasteiger partial charge in [-0.05, 0) is 17.7 Å². The van der Waals surface area contributed by atoms with Crippen molar-refractivity contribution in [3.8, 4) is 11.3 Å². The van der Waals surface area contributed by atoms with Crippen LogP contribution in [0, 0.1) is 0 Å². The quantitative estimate of drug-likeness (QED) is 0.486. The van der Waals surface area contributed by atoms with E-state index >= 15 is 0 Å². The number of benzene rings is 3. The van der Waals surface area contributed by atoms with Crippen molar-refractivity contribution < 1.29 is 0 Å².